The van der Waals surface area contributed by atoms with Crippen LogP contribution in [0, 0.1) is 17.8 Å². The van der Waals surface area contributed by atoms with Crippen LogP contribution in [0.3, 0.4) is 0 Å². The Morgan fingerprint density at radius 2 is 2.04 bits per heavy atom. The normalized spacial score (nSPS) is 25.4. The SMILES string of the molecule is COc1ccc(S(=O)(=O)N(C)C)cc1NC(=O)CC1CC2CCC1C2. The molecule has 0 aromatic heterocycles. The third-order valence-corrected chi connectivity index (χ3v) is 7.37. The first-order chi connectivity index (χ1) is 11.8. The van der Waals surface area contributed by atoms with Gasteiger partial charge in [-0.3, -0.25) is 4.79 Å². The van der Waals surface area contributed by atoms with E-state index >= 15 is 0 Å². The van der Waals surface area contributed by atoms with E-state index in [1.807, 2.05) is 0 Å². The van der Waals surface area contributed by atoms with Crippen molar-refractivity contribution in [1.29, 1.82) is 0 Å². The maximum absolute atomic E-state index is 12.5. The molecule has 2 fully saturated rings. The molecule has 138 valence electrons. The van der Waals surface area contributed by atoms with E-state index in [2.05, 4.69) is 5.32 Å². The van der Waals surface area contributed by atoms with Crippen molar-refractivity contribution in [3.05, 3.63) is 18.2 Å². The van der Waals surface area contributed by atoms with Gasteiger partial charge in [0.15, 0.2) is 0 Å². The van der Waals surface area contributed by atoms with E-state index < -0.39 is 10.0 Å². The van der Waals surface area contributed by atoms with Crippen LogP contribution in [-0.4, -0.2) is 39.8 Å². The van der Waals surface area contributed by atoms with Crippen LogP contribution >= 0.6 is 0 Å². The number of nitrogens with one attached hydrogen (secondary N) is 1. The molecule has 0 aliphatic heterocycles. The van der Waals surface area contributed by atoms with Crippen LogP contribution in [-0.2, 0) is 14.8 Å². The molecular formula is C18H26N2O4S. The van der Waals surface area contributed by atoms with E-state index in [4.69, 9.17) is 4.74 Å². The predicted molar refractivity (Wildman–Crippen MR) is 96.1 cm³/mol. The maximum Gasteiger partial charge on any atom is 0.242 e. The summed E-state index contributed by atoms with van der Waals surface area (Å²) in [5.74, 6) is 2.32. The zero-order valence-corrected chi connectivity index (χ0v) is 15.8. The Kier molecular flexibility index (Phi) is 5.06. The third-order valence-electron chi connectivity index (χ3n) is 5.56. The number of benzene rings is 1. The molecule has 1 N–H and O–H groups in total. The van der Waals surface area contributed by atoms with Crippen LogP contribution in [0.1, 0.15) is 32.1 Å². The molecule has 0 saturated heterocycles. The molecule has 3 rings (SSSR count). The summed E-state index contributed by atoms with van der Waals surface area (Å²) in [4.78, 5) is 12.6. The lowest BCUT2D eigenvalue weighted by molar-refractivity contribution is -0.117. The monoisotopic (exact) mass is 366 g/mol. The maximum atomic E-state index is 12.5. The quantitative estimate of drug-likeness (QED) is 0.840. The number of fused-ring (bicyclic) bond motifs is 2. The Balaban J connectivity index is 1.75. The minimum atomic E-state index is -3.56. The van der Waals surface area contributed by atoms with Gasteiger partial charge in [-0.1, -0.05) is 6.42 Å². The number of methoxy groups -OCH3 is 1. The molecule has 1 amide bonds. The molecule has 0 radical (unpaired) electrons. The number of carbonyl (C=O) groups is 1. The first kappa shape index (κ1) is 18.2. The molecule has 2 bridgehead atoms. The number of hydrogen-bond donors (Lipinski definition) is 1. The van der Waals surface area contributed by atoms with Crippen molar-refractivity contribution < 1.29 is 17.9 Å². The number of hydrogen-bond acceptors (Lipinski definition) is 4. The highest BCUT2D eigenvalue weighted by Gasteiger charge is 2.40. The summed E-state index contributed by atoms with van der Waals surface area (Å²) in [5, 5.41) is 2.85. The summed E-state index contributed by atoms with van der Waals surface area (Å²) >= 11 is 0. The van der Waals surface area contributed by atoms with E-state index in [9.17, 15) is 13.2 Å². The van der Waals surface area contributed by atoms with Gasteiger partial charge in [0.25, 0.3) is 0 Å². The summed E-state index contributed by atoms with van der Waals surface area (Å²) in [7, 11) is 0.896. The molecule has 3 unspecified atom stereocenters. The van der Waals surface area contributed by atoms with Crippen molar-refractivity contribution in [2.45, 2.75) is 37.0 Å². The van der Waals surface area contributed by atoms with Gasteiger partial charge in [-0.05, 0) is 55.2 Å². The lowest BCUT2D eigenvalue weighted by Crippen LogP contribution is -2.23. The number of carbonyl (C=O) groups excluding carboxylic acids is 1. The summed E-state index contributed by atoms with van der Waals surface area (Å²) in [6.45, 7) is 0. The molecular weight excluding hydrogens is 340 g/mol. The van der Waals surface area contributed by atoms with Gasteiger partial charge in [-0.2, -0.15) is 0 Å². The predicted octanol–water partition coefficient (Wildman–Crippen LogP) is 2.71. The summed E-state index contributed by atoms with van der Waals surface area (Å²) in [5.41, 5.74) is 0.401. The molecule has 25 heavy (non-hydrogen) atoms. The van der Waals surface area contributed by atoms with Crippen LogP contribution in [0.25, 0.3) is 0 Å². The molecule has 2 aliphatic carbocycles. The van der Waals surface area contributed by atoms with E-state index in [-0.39, 0.29) is 10.8 Å². The topological polar surface area (TPSA) is 75.7 Å². The molecule has 7 heteroatoms. The van der Waals surface area contributed by atoms with Gasteiger partial charge in [0.1, 0.15) is 5.75 Å². The fraction of sp³-hybridized carbons (Fsp3) is 0.611. The minimum Gasteiger partial charge on any atom is -0.495 e. The van der Waals surface area contributed by atoms with Crippen LogP contribution in [0.2, 0.25) is 0 Å². The molecule has 2 aliphatic rings. The van der Waals surface area contributed by atoms with E-state index in [1.165, 1.54) is 52.6 Å². The first-order valence-electron chi connectivity index (χ1n) is 8.71. The number of anilines is 1. The average Bonchev–Trinajstić information content (AvgIpc) is 3.17. The Labute approximate surface area is 149 Å². The van der Waals surface area contributed by atoms with Gasteiger partial charge in [0, 0.05) is 20.5 Å². The van der Waals surface area contributed by atoms with Crippen LogP contribution < -0.4 is 10.1 Å². The van der Waals surface area contributed by atoms with Gasteiger partial charge in [0.05, 0.1) is 17.7 Å². The number of rotatable bonds is 6. The third kappa shape index (κ3) is 3.67. The molecule has 0 spiro atoms. The van der Waals surface area contributed by atoms with Crippen LogP contribution in [0.4, 0.5) is 5.69 Å². The Bertz CT molecular complexity index is 760. The molecule has 2 saturated carbocycles. The van der Waals surface area contributed by atoms with E-state index in [0.29, 0.717) is 29.7 Å². The second kappa shape index (κ2) is 6.96. The lowest BCUT2D eigenvalue weighted by Gasteiger charge is -2.21. The standard InChI is InChI=1S/C18H26N2O4S/c1-20(2)25(22,23)15-6-7-17(24-3)16(11-15)19-18(21)10-14-9-12-4-5-13(14)8-12/h6-7,11-14H,4-5,8-10H2,1-3H3,(H,19,21). The molecule has 6 nitrogen and oxygen atoms in total. The van der Waals surface area contributed by atoms with Gasteiger partial charge >= 0.3 is 0 Å². The highest BCUT2D eigenvalue weighted by molar-refractivity contribution is 7.89. The van der Waals surface area contributed by atoms with Crippen molar-refractivity contribution in [2.24, 2.45) is 17.8 Å². The highest BCUT2D eigenvalue weighted by atomic mass is 32.2. The fourth-order valence-corrected chi connectivity index (χ4v) is 5.15. The first-order valence-corrected chi connectivity index (χ1v) is 10.2. The number of sulfonamides is 1. The van der Waals surface area contributed by atoms with Crippen molar-refractivity contribution in [3.8, 4) is 5.75 Å². The van der Waals surface area contributed by atoms with Crippen LogP contribution in [0.15, 0.2) is 23.1 Å². The number of ether oxygens (including phenoxy) is 1. The Morgan fingerprint density at radius 1 is 1.28 bits per heavy atom. The number of nitrogens with zero attached hydrogens (tertiary/aromatic N) is 1. The average molecular weight is 366 g/mol. The zero-order chi connectivity index (χ0) is 18.2. The molecule has 1 aromatic carbocycles. The molecule has 1 aromatic rings. The van der Waals surface area contributed by atoms with Gasteiger partial charge in [-0.25, -0.2) is 12.7 Å². The largest absolute Gasteiger partial charge is 0.495 e. The van der Waals surface area contributed by atoms with E-state index in [1.54, 1.807) is 6.07 Å². The Hall–Kier alpha value is -1.60. The van der Waals surface area contributed by atoms with Crippen molar-refractivity contribution in [1.82, 2.24) is 4.31 Å². The second-order valence-electron chi connectivity index (χ2n) is 7.34. The zero-order valence-electron chi connectivity index (χ0n) is 15.0. The van der Waals surface area contributed by atoms with Crippen molar-refractivity contribution >= 4 is 21.6 Å². The Morgan fingerprint density at radius 3 is 2.60 bits per heavy atom. The molecule has 0 heterocycles. The highest BCUT2D eigenvalue weighted by Crippen LogP contribution is 2.49. The lowest BCUT2D eigenvalue weighted by atomic mass is 9.86. The van der Waals surface area contributed by atoms with Gasteiger partial charge < -0.3 is 10.1 Å². The summed E-state index contributed by atoms with van der Waals surface area (Å²) in [6, 6.07) is 4.52. The van der Waals surface area contributed by atoms with Crippen molar-refractivity contribution in [2.75, 3.05) is 26.5 Å². The number of amides is 1. The fourth-order valence-electron chi connectivity index (χ4n) is 4.22. The summed E-state index contributed by atoms with van der Waals surface area (Å²) in [6.07, 6.45) is 5.45. The summed E-state index contributed by atoms with van der Waals surface area (Å²) < 4.78 is 31.0. The van der Waals surface area contributed by atoms with Gasteiger partial charge in [0.2, 0.25) is 15.9 Å². The smallest absolute Gasteiger partial charge is 0.242 e. The van der Waals surface area contributed by atoms with E-state index in [0.717, 1.165) is 16.6 Å². The van der Waals surface area contributed by atoms with Crippen molar-refractivity contribution in [3.63, 3.8) is 0 Å². The second-order valence-corrected chi connectivity index (χ2v) is 9.49. The van der Waals surface area contributed by atoms with Gasteiger partial charge in [-0.15, -0.1) is 0 Å². The minimum absolute atomic E-state index is 0.0738. The van der Waals surface area contributed by atoms with Crippen LogP contribution in [0.5, 0.6) is 5.75 Å². The molecule has 3 atom stereocenters.